The van der Waals surface area contributed by atoms with E-state index in [1.165, 1.54) is 6.92 Å². The van der Waals surface area contributed by atoms with Crippen molar-refractivity contribution in [3.05, 3.63) is 42.0 Å². The van der Waals surface area contributed by atoms with Gasteiger partial charge in [-0.3, -0.25) is 4.79 Å². The fourth-order valence-electron chi connectivity index (χ4n) is 1.42. The zero-order valence-electron chi connectivity index (χ0n) is 11.8. The first-order valence-corrected chi connectivity index (χ1v) is 6.02. The Morgan fingerprint density at radius 1 is 1.40 bits per heavy atom. The van der Waals surface area contributed by atoms with Crippen molar-refractivity contribution in [3.8, 4) is 0 Å². The number of aliphatic imine (C=N–C) groups is 1. The second kappa shape index (κ2) is 9.35. The molecule has 0 bridgehead atoms. The maximum absolute atomic E-state index is 11.0. The van der Waals surface area contributed by atoms with Crippen LogP contribution in [0.5, 0.6) is 0 Å². The second-order valence-corrected chi connectivity index (χ2v) is 4.39. The van der Waals surface area contributed by atoms with Crippen molar-refractivity contribution in [2.24, 2.45) is 10.7 Å². The Labute approximate surface area is 136 Å². The Kier molecular flexibility index (Phi) is 8.62. The summed E-state index contributed by atoms with van der Waals surface area (Å²) in [5.41, 5.74) is 8.44. The molecule has 5 nitrogen and oxygen atoms in total. The average molecular weight is 388 g/mol. The average Bonchev–Trinajstić information content (AvgIpc) is 2.33. The molecule has 0 heterocycles. The van der Waals surface area contributed by atoms with E-state index in [0.29, 0.717) is 19.0 Å². The molecule has 0 aliphatic rings. The van der Waals surface area contributed by atoms with Crippen LogP contribution in [0.25, 0.3) is 0 Å². The van der Waals surface area contributed by atoms with Gasteiger partial charge in [-0.05, 0) is 24.6 Å². The molecule has 1 aromatic rings. The molecule has 110 valence electrons. The predicted molar refractivity (Wildman–Crippen MR) is 94.3 cm³/mol. The number of nitrogens with zero attached hydrogens (tertiary/aromatic N) is 1. The number of anilines is 1. The van der Waals surface area contributed by atoms with Gasteiger partial charge in [0.05, 0.1) is 6.54 Å². The number of benzene rings is 1. The van der Waals surface area contributed by atoms with Crippen LogP contribution in [-0.2, 0) is 11.3 Å². The van der Waals surface area contributed by atoms with E-state index >= 15 is 0 Å². The molecule has 0 radical (unpaired) electrons. The Balaban J connectivity index is 0.00000361. The molecule has 1 rings (SSSR count). The van der Waals surface area contributed by atoms with Crippen LogP contribution in [0.15, 0.2) is 41.4 Å². The first kappa shape index (κ1) is 18.4. The molecule has 0 saturated carbocycles. The van der Waals surface area contributed by atoms with Crippen molar-refractivity contribution in [2.75, 3.05) is 11.9 Å². The minimum atomic E-state index is -0.0942. The summed E-state index contributed by atoms with van der Waals surface area (Å²) in [5, 5.41) is 5.68. The highest BCUT2D eigenvalue weighted by molar-refractivity contribution is 14.0. The molecule has 0 fully saturated rings. The van der Waals surface area contributed by atoms with Gasteiger partial charge in [0.25, 0.3) is 0 Å². The minimum Gasteiger partial charge on any atom is -0.370 e. The van der Waals surface area contributed by atoms with E-state index in [2.05, 4.69) is 22.2 Å². The third kappa shape index (κ3) is 7.78. The van der Waals surface area contributed by atoms with Crippen LogP contribution in [0, 0.1) is 0 Å². The molecule has 0 saturated heterocycles. The van der Waals surface area contributed by atoms with Crippen molar-refractivity contribution < 1.29 is 4.79 Å². The normalized spacial score (nSPS) is 10.4. The van der Waals surface area contributed by atoms with Crippen LogP contribution < -0.4 is 16.4 Å². The summed E-state index contributed by atoms with van der Waals surface area (Å²) in [6, 6.07) is 7.50. The topological polar surface area (TPSA) is 79.5 Å². The first-order chi connectivity index (χ1) is 8.97. The number of carbonyl (C=O) groups is 1. The monoisotopic (exact) mass is 388 g/mol. The summed E-state index contributed by atoms with van der Waals surface area (Å²) in [7, 11) is 0. The molecule has 0 aliphatic carbocycles. The van der Waals surface area contributed by atoms with Crippen LogP contribution >= 0.6 is 24.0 Å². The van der Waals surface area contributed by atoms with Gasteiger partial charge in [0.1, 0.15) is 0 Å². The summed E-state index contributed by atoms with van der Waals surface area (Å²) in [6.07, 6.45) is 0. The summed E-state index contributed by atoms with van der Waals surface area (Å²) in [5.74, 6) is 0.288. The number of hydrogen-bond donors (Lipinski definition) is 3. The first-order valence-electron chi connectivity index (χ1n) is 6.02. The largest absolute Gasteiger partial charge is 0.370 e. The Morgan fingerprint density at radius 2 is 2.10 bits per heavy atom. The molecule has 0 unspecified atom stereocenters. The van der Waals surface area contributed by atoms with Crippen molar-refractivity contribution in [1.29, 1.82) is 0 Å². The van der Waals surface area contributed by atoms with Crippen molar-refractivity contribution in [3.63, 3.8) is 0 Å². The second-order valence-electron chi connectivity index (χ2n) is 4.39. The third-order valence-corrected chi connectivity index (χ3v) is 2.25. The molecule has 1 amide bonds. The lowest BCUT2D eigenvalue weighted by Gasteiger charge is -2.06. The van der Waals surface area contributed by atoms with Crippen LogP contribution in [0.4, 0.5) is 5.69 Å². The Hall–Kier alpha value is -1.57. The summed E-state index contributed by atoms with van der Waals surface area (Å²) in [4.78, 5) is 15.2. The molecule has 6 heteroatoms. The number of carbonyl (C=O) groups excluding carboxylic acids is 1. The number of hydrogen-bond acceptors (Lipinski definition) is 2. The number of amides is 1. The maximum Gasteiger partial charge on any atom is 0.221 e. The van der Waals surface area contributed by atoms with E-state index in [-0.39, 0.29) is 29.9 Å². The lowest BCUT2D eigenvalue weighted by molar-refractivity contribution is -0.114. The van der Waals surface area contributed by atoms with Crippen LogP contribution in [0.2, 0.25) is 0 Å². The lowest BCUT2D eigenvalue weighted by atomic mass is 10.2. The zero-order chi connectivity index (χ0) is 14.3. The SMILES string of the molecule is C=C(C)CNC(N)=NCc1cccc(NC(C)=O)c1.I. The minimum absolute atomic E-state index is 0. The molecule has 20 heavy (non-hydrogen) atoms. The highest BCUT2D eigenvalue weighted by Crippen LogP contribution is 2.11. The molecule has 0 atom stereocenters. The Morgan fingerprint density at radius 3 is 2.70 bits per heavy atom. The molecular weight excluding hydrogens is 367 g/mol. The van der Waals surface area contributed by atoms with Gasteiger partial charge in [0.15, 0.2) is 5.96 Å². The molecule has 4 N–H and O–H groups in total. The fraction of sp³-hybridized carbons (Fsp3) is 0.286. The van der Waals surface area contributed by atoms with Crippen molar-refractivity contribution in [2.45, 2.75) is 20.4 Å². The summed E-state index contributed by atoms with van der Waals surface area (Å²) < 4.78 is 0. The van der Waals surface area contributed by atoms with Gasteiger partial charge in [0.2, 0.25) is 5.91 Å². The van der Waals surface area contributed by atoms with E-state index in [9.17, 15) is 4.79 Å². The van der Waals surface area contributed by atoms with Crippen LogP contribution in [0.1, 0.15) is 19.4 Å². The van der Waals surface area contributed by atoms with Gasteiger partial charge in [-0.2, -0.15) is 0 Å². The Bertz CT molecular complexity index is 500. The number of nitrogens with two attached hydrogens (primary N) is 1. The number of rotatable bonds is 5. The van der Waals surface area contributed by atoms with Gasteiger partial charge in [-0.15, -0.1) is 24.0 Å². The molecule has 0 aromatic heterocycles. The van der Waals surface area contributed by atoms with Crippen molar-refractivity contribution in [1.82, 2.24) is 5.32 Å². The zero-order valence-corrected chi connectivity index (χ0v) is 14.1. The van der Waals surface area contributed by atoms with Crippen molar-refractivity contribution >= 4 is 41.5 Å². The molecule has 1 aromatic carbocycles. The quantitative estimate of drug-likeness (QED) is 0.313. The van der Waals surface area contributed by atoms with E-state index in [0.717, 1.165) is 16.8 Å². The molecule has 0 spiro atoms. The summed E-state index contributed by atoms with van der Waals surface area (Å²) in [6.45, 7) is 8.23. The molecular formula is C14H21IN4O. The van der Waals surface area contributed by atoms with E-state index < -0.39 is 0 Å². The highest BCUT2D eigenvalue weighted by atomic mass is 127. The molecule has 0 aliphatic heterocycles. The number of nitrogens with one attached hydrogen (secondary N) is 2. The predicted octanol–water partition coefficient (Wildman–Crippen LogP) is 2.24. The van der Waals surface area contributed by atoms with Crippen LogP contribution in [-0.4, -0.2) is 18.4 Å². The van der Waals surface area contributed by atoms with Gasteiger partial charge in [0, 0.05) is 19.2 Å². The maximum atomic E-state index is 11.0. The number of guanidine groups is 1. The van der Waals surface area contributed by atoms with E-state index in [1.807, 2.05) is 31.2 Å². The van der Waals surface area contributed by atoms with E-state index in [1.54, 1.807) is 0 Å². The summed E-state index contributed by atoms with van der Waals surface area (Å²) >= 11 is 0. The third-order valence-electron chi connectivity index (χ3n) is 2.25. The van der Waals surface area contributed by atoms with Crippen LogP contribution in [0.3, 0.4) is 0 Å². The van der Waals surface area contributed by atoms with E-state index in [4.69, 9.17) is 5.73 Å². The van der Waals surface area contributed by atoms with Gasteiger partial charge < -0.3 is 16.4 Å². The smallest absolute Gasteiger partial charge is 0.221 e. The highest BCUT2D eigenvalue weighted by Gasteiger charge is 1.98. The standard InChI is InChI=1S/C14H20N4O.HI/c1-10(2)8-16-14(15)17-9-12-5-4-6-13(7-12)18-11(3)19;/h4-7H,1,8-9H2,2-3H3,(H,18,19)(H3,15,16,17);1H. The van der Waals surface area contributed by atoms with Gasteiger partial charge in [-0.1, -0.05) is 24.3 Å². The van der Waals surface area contributed by atoms with Gasteiger partial charge >= 0.3 is 0 Å². The fourth-order valence-corrected chi connectivity index (χ4v) is 1.42. The van der Waals surface area contributed by atoms with Gasteiger partial charge in [-0.25, -0.2) is 4.99 Å². The lowest BCUT2D eigenvalue weighted by Crippen LogP contribution is -2.32. The number of halogens is 1.